The van der Waals surface area contributed by atoms with Gasteiger partial charge in [0.2, 0.25) is 11.8 Å². The van der Waals surface area contributed by atoms with Gasteiger partial charge in [-0.15, -0.1) is 5.10 Å². The SMILES string of the molecule is CCOc1nn(-c2ccccc2)c(CC(=O)N[C@@H]2C[C@@H](CCOC)[C@H](CO)[C@H]2c2ccccc2)c1C. The van der Waals surface area contributed by atoms with Gasteiger partial charge >= 0.3 is 0 Å². The number of nitrogens with zero attached hydrogens (tertiary/aromatic N) is 2. The average Bonchev–Trinajstić information content (AvgIpc) is 3.40. The molecular formula is C29H37N3O4. The molecule has 0 radical (unpaired) electrons. The number of aliphatic hydroxyl groups is 1. The molecule has 1 saturated carbocycles. The Bertz CT molecular complexity index is 1120. The second kappa shape index (κ2) is 12.2. The molecule has 1 aromatic heterocycles. The summed E-state index contributed by atoms with van der Waals surface area (Å²) in [5, 5.41) is 18.3. The zero-order valence-electron chi connectivity index (χ0n) is 21.4. The van der Waals surface area contributed by atoms with Gasteiger partial charge in [0, 0.05) is 37.8 Å². The van der Waals surface area contributed by atoms with Crippen molar-refractivity contribution in [2.75, 3.05) is 26.9 Å². The number of benzene rings is 2. The molecule has 7 heteroatoms. The molecule has 4 rings (SSSR count). The van der Waals surface area contributed by atoms with Crippen molar-refractivity contribution in [3.05, 3.63) is 77.5 Å². The molecule has 1 fully saturated rings. The summed E-state index contributed by atoms with van der Waals surface area (Å²) in [4.78, 5) is 13.5. The van der Waals surface area contributed by atoms with E-state index in [1.165, 1.54) is 0 Å². The van der Waals surface area contributed by atoms with Crippen LogP contribution in [0, 0.1) is 18.8 Å². The number of amides is 1. The lowest BCUT2D eigenvalue weighted by molar-refractivity contribution is -0.121. The second-order valence-corrected chi connectivity index (χ2v) is 9.47. The molecule has 7 nitrogen and oxygen atoms in total. The maximum Gasteiger partial charge on any atom is 0.236 e. The molecule has 2 N–H and O–H groups in total. The Balaban J connectivity index is 1.59. The van der Waals surface area contributed by atoms with Crippen LogP contribution >= 0.6 is 0 Å². The van der Waals surface area contributed by atoms with E-state index in [4.69, 9.17) is 9.47 Å². The Morgan fingerprint density at radius 1 is 1.14 bits per heavy atom. The molecule has 0 bridgehead atoms. The maximum absolute atomic E-state index is 13.5. The fraction of sp³-hybridized carbons (Fsp3) is 0.448. The van der Waals surface area contributed by atoms with Crippen LogP contribution in [0.1, 0.15) is 42.5 Å². The lowest BCUT2D eigenvalue weighted by Gasteiger charge is -2.26. The molecule has 3 aromatic rings. The summed E-state index contributed by atoms with van der Waals surface area (Å²) in [5.41, 5.74) is 3.71. The molecule has 1 heterocycles. The van der Waals surface area contributed by atoms with Gasteiger partial charge < -0.3 is 19.9 Å². The Kier molecular flexibility index (Phi) is 8.78. The number of hydrogen-bond donors (Lipinski definition) is 2. The number of ether oxygens (including phenoxy) is 2. The number of carbonyl (C=O) groups excluding carboxylic acids is 1. The summed E-state index contributed by atoms with van der Waals surface area (Å²) in [7, 11) is 1.70. The standard InChI is InChI=1S/C29H37N3O4/c1-4-36-29-20(2)26(32(31-29)23-13-9-6-10-14-23)18-27(34)30-25-17-22(15-16-35-3)24(19-33)28(25)21-11-7-5-8-12-21/h5-14,22,24-25,28,33H,4,15-19H2,1-3H3,(H,30,34)/t22-,24+,25-,28-/m1/s1. The van der Waals surface area contributed by atoms with Gasteiger partial charge in [-0.2, -0.15) is 0 Å². The lowest BCUT2D eigenvalue weighted by atomic mass is 9.83. The van der Waals surface area contributed by atoms with E-state index in [1.807, 2.05) is 62.4 Å². The van der Waals surface area contributed by atoms with E-state index in [1.54, 1.807) is 11.8 Å². The van der Waals surface area contributed by atoms with Gasteiger partial charge in [0.05, 0.1) is 24.4 Å². The highest BCUT2D eigenvalue weighted by atomic mass is 16.5. The molecule has 2 aromatic carbocycles. The van der Waals surface area contributed by atoms with Gasteiger partial charge in [-0.05, 0) is 56.2 Å². The van der Waals surface area contributed by atoms with Crippen molar-refractivity contribution in [2.24, 2.45) is 11.8 Å². The van der Waals surface area contributed by atoms with Crippen LogP contribution in [0.4, 0.5) is 0 Å². The summed E-state index contributed by atoms with van der Waals surface area (Å²) in [6, 6.07) is 19.9. The fourth-order valence-corrected chi connectivity index (χ4v) is 5.59. The monoisotopic (exact) mass is 491 g/mol. The van der Waals surface area contributed by atoms with Crippen LogP contribution in [0.25, 0.3) is 5.69 Å². The fourth-order valence-electron chi connectivity index (χ4n) is 5.59. The number of para-hydroxylation sites is 1. The van der Waals surface area contributed by atoms with Crippen molar-refractivity contribution < 1.29 is 19.4 Å². The van der Waals surface area contributed by atoms with Crippen molar-refractivity contribution in [2.45, 2.75) is 45.1 Å². The first-order valence-electron chi connectivity index (χ1n) is 12.8. The summed E-state index contributed by atoms with van der Waals surface area (Å²) in [6.07, 6.45) is 1.85. The normalized spacial score (nSPS) is 21.4. The number of aliphatic hydroxyl groups excluding tert-OH is 1. The molecule has 0 aliphatic heterocycles. The Morgan fingerprint density at radius 3 is 2.47 bits per heavy atom. The molecule has 1 aliphatic rings. The predicted octanol–water partition coefficient (Wildman–Crippen LogP) is 4.06. The van der Waals surface area contributed by atoms with Crippen LogP contribution in [0.3, 0.4) is 0 Å². The smallest absolute Gasteiger partial charge is 0.236 e. The Hall–Kier alpha value is -3.16. The number of hydrogen-bond acceptors (Lipinski definition) is 5. The van der Waals surface area contributed by atoms with Crippen LogP contribution in [0.5, 0.6) is 5.88 Å². The van der Waals surface area contributed by atoms with E-state index in [-0.39, 0.29) is 42.7 Å². The summed E-state index contributed by atoms with van der Waals surface area (Å²) in [6.45, 7) is 5.10. The van der Waals surface area contributed by atoms with E-state index >= 15 is 0 Å². The lowest BCUT2D eigenvalue weighted by Crippen LogP contribution is -2.39. The molecule has 0 saturated heterocycles. The molecule has 1 aliphatic carbocycles. The van der Waals surface area contributed by atoms with Crippen LogP contribution < -0.4 is 10.1 Å². The largest absolute Gasteiger partial charge is 0.477 e. The summed E-state index contributed by atoms with van der Waals surface area (Å²) < 4.78 is 12.9. The van der Waals surface area contributed by atoms with Crippen LogP contribution in [0.15, 0.2) is 60.7 Å². The molecule has 0 spiro atoms. The van der Waals surface area contributed by atoms with E-state index in [9.17, 15) is 9.90 Å². The molecule has 36 heavy (non-hydrogen) atoms. The third-order valence-corrected chi connectivity index (χ3v) is 7.30. The molecule has 1 amide bonds. The van der Waals surface area contributed by atoms with E-state index in [0.29, 0.717) is 19.1 Å². The van der Waals surface area contributed by atoms with Gasteiger partial charge in [0.25, 0.3) is 0 Å². The van der Waals surface area contributed by atoms with Crippen LogP contribution in [-0.2, 0) is 16.0 Å². The number of nitrogens with one attached hydrogen (secondary N) is 1. The third kappa shape index (κ3) is 5.63. The highest BCUT2D eigenvalue weighted by Crippen LogP contribution is 2.45. The highest BCUT2D eigenvalue weighted by molar-refractivity contribution is 5.79. The molecular weight excluding hydrogens is 454 g/mol. The number of carbonyl (C=O) groups is 1. The number of rotatable bonds is 11. The number of methoxy groups -OCH3 is 1. The second-order valence-electron chi connectivity index (χ2n) is 9.47. The van der Waals surface area contributed by atoms with Gasteiger partial charge in [0.15, 0.2) is 0 Å². The third-order valence-electron chi connectivity index (χ3n) is 7.30. The Morgan fingerprint density at radius 2 is 1.83 bits per heavy atom. The van der Waals surface area contributed by atoms with Gasteiger partial charge in [-0.25, -0.2) is 4.68 Å². The van der Waals surface area contributed by atoms with Crippen LogP contribution in [0.2, 0.25) is 0 Å². The first kappa shape index (κ1) is 25.9. The minimum absolute atomic E-state index is 0.0427. The summed E-state index contributed by atoms with van der Waals surface area (Å²) >= 11 is 0. The Labute approximate surface area is 213 Å². The molecule has 192 valence electrons. The molecule has 4 atom stereocenters. The van der Waals surface area contributed by atoms with Crippen LogP contribution in [-0.4, -0.2) is 53.8 Å². The van der Waals surface area contributed by atoms with Crippen molar-refractivity contribution in [3.8, 4) is 11.6 Å². The molecule has 0 unspecified atom stereocenters. The predicted molar refractivity (Wildman–Crippen MR) is 139 cm³/mol. The van der Waals surface area contributed by atoms with Gasteiger partial charge in [-0.3, -0.25) is 4.79 Å². The van der Waals surface area contributed by atoms with E-state index in [2.05, 4.69) is 22.5 Å². The number of aromatic nitrogens is 2. The highest BCUT2D eigenvalue weighted by Gasteiger charge is 2.44. The van der Waals surface area contributed by atoms with E-state index in [0.717, 1.165) is 35.3 Å². The zero-order valence-corrected chi connectivity index (χ0v) is 21.4. The van der Waals surface area contributed by atoms with Crippen molar-refractivity contribution in [1.29, 1.82) is 0 Å². The minimum Gasteiger partial charge on any atom is -0.477 e. The van der Waals surface area contributed by atoms with Crippen molar-refractivity contribution in [1.82, 2.24) is 15.1 Å². The minimum atomic E-state index is -0.0707. The topological polar surface area (TPSA) is 85.6 Å². The van der Waals surface area contributed by atoms with Gasteiger partial charge in [-0.1, -0.05) is 48.5 Å². The zero-order chi connectivity index (χ0) is 25.5. The van der Waals surface area contributed by atoms with Gasteiger partial charge in [0.1, 0.15) is 0 Å². The van der Waals surface area contributed by atoms with Crippen molar-refractivity contribution in [3.63, 3.8) is 0 Å². The average molecular weight is 492 g/mol. The van der Waals surface area contributed by atoms with Crippen molar-refractivity contribution >= 4 is 5.91 Å². The van der Waals surface area contributed by atoms with E-state index < -0.39 is 0 Å². The first-order valence-corrected chi connectivity index (χ1v) is 12.8. The maximum atomic E-state index is 13.5. The quantitative estimate of drug-likeness (QED) is 0.423. The summed E-state index contributed by atoms with van der Waals surface area (Å²) in [5.74, 6) is 0.863. The first-order chi connectivity index (χ1) is 17.6.